The predicted octanol–water partition coefficient (Wildman–Crippen LogP) is 3.77. The van der Waals surface area contributed by atoms with Gasteiger partial charge in [-0.25, -0.2) is 0 Å². The van der Waals surface area contributed by atoms with Gasteiger partial charge in [0.05, 0.1) is 6.04 Å². The highest BCUT2D eigenvalue weighted by atomic mass is 16.2. The Hall–Kier alpha value is -2.66. The highest BCUT2D eigenvalue weighted by Gasteiger charge is 2.26. The number of primary amides is 1. The van der Waals surface area contributed by atoms with E-state index in [1.807, 2.05) is 6.92 Å². The second-order valence-electron chi connectivity index (χ2n) is 8.11. The summed E-state index contributed by atoms with van der Waals surface area (Å²) >= 11 is 0. The van der Waals surface area contributed by atoms with Crippen LogP contribution in [0.15, 0.2) is 48.5 Å². The molecule has 1 atom stereocenters. The van der Waals surface area contributed by atoms with Crippen LogP contribution in [-0.2, 0) is 11.2 Å². The van der Waals surface area contributed by atoms with E-state index >= 15 is 0 Å². The zero-order chi connectivity index (χ0) is 20.8. The largest absolute Gasteiger partial charge is 0.366 e. The van der Waals surface area contributed by atoms with E-state index in [-0.39, 0.29) is 11.9 Å². The average Bonchev–Trinajstić information content (AvgIpc) is 2.73. The van der Waals surface area contributed by atoms with Gasteiger partial charge >= 0.3 is 0 Å². The van der Waals surface area contributed by atoms with Crippen LogP contribution in [0.2, 0.25) is 0 Å². The minimum absolute atomic E-state index is 0.0186. The van der Waals surface area contributed by atoms with Gasteiger partial charge in [-0.15, -0.1) is 0 Å². The average molecular weight is 394 g/mol. The van der Waals surface area contributed by atoms with Gasteiger partial charge in [0, 0.05) is 11.3 Å². The molecule has 1 unspecified atom stereocenters. The van der Waals surface area contributed by atoms with Crippen LogP contribution in [0.5, 0.6) is 0 Å². The highest BCUT2D eigenvalue weighted by molar-refractivity contribution is 5.96. The van der Waals surface area contributed by atoms with E-state index < -0.39 is 5.91 Å². The molecule has 1 heterocycles. The number of anilines is 1. The van der Waals surface area contributed by atoms with Gasteiger partial charge < -0.3 is 11.1 Å². The molecule has 154 valence electrons. The van der Waals surface area contributed by atoms with Crippen molar-refractivity contribution in [2.45, 2.75) is 45.6 Å². The molecule has 3 rings (SSSR count). The lowest BCUT2D eigenvalue weighted by Crippen LogP contribution is -2.46. The van der Waals surface area contributed by atoms with Crippen LogP contribution in [0, 0.1) is 12.8 Å². The molecule has 2 amide bonds. The fraction of sp³-hybridized carbons (Fsp3) is 0.417. The lowest BCUT2D eigenvalue weighted by Gasteiger charge is -2.35. The lowest BCUT2D eigenvalue weighted by atomic mass is 9.90. The van der Waals surface area contributed by atoms with Crippen molar-refractivity contribution in [2.24, 2.45) is 11.7 Å². The van der Waals surface area contributed by atoms with Gasteiger partial charge in [0.15, 0.2) is 0 Å². The van der Waals surface area contributed by atoms with E-state index in [2.05, 4.69) is 41.4 Å². The van der Waals surface area contributed by atoms with Crippen LogP contribution < -0.4 is 11.1 Å². The molecule has 2 aromatic rings. The predicted molar refractivity (Wildman–Crippen MR) is 117 cm³/mol. The monoisotopic (exact) mass is 393 g/mol. The molecule has 5 heteroatoms. The van der Waals surface area contributed by atoms with Gasteiger partial charge in [-0.3, -0.25) is 14.5 Å². The maximum atomic E-state index is 12.6. The Morgan fingerprint density at radius 3 is 2.28 bits per heavy atom. The van der Waals surface area contributed by atoms with Crippen LogP contribution in [-0.4, -0.2) is 35.8 Å². The smallest absolute Gasteiger partial charge is 0.248 e. The van der Waals surface area contributed by atoms with E-state index in [0.717, 1.165) is 38.3 Å². The van der Waals surface area contributed by atoms with Gasteiger partial charge in [-0.2, -0.15) is 0 Å². The second-order valence-corrected chi connectivity index (χ2v) is 8.11. The number of piperidine rings is 1. The second kappa shape index (κ2) is 9.70. The third kappa shape index (κ3) is 5.91. The summed E-state index contributed by atoms with van der Waals surface area (Å²) in [6.45, 7) is 5.98. The number of carbonyl (C=O) groups excluding carboxylic acids is 2. The molecule has 1 aliphatic heterocycles. The van der Waals surface area contributed by atoms with Crippen LogP contribution in [0.25, 0.3) is 0 Å². The number of aryl methyl sites for hydroxylation is 2. The number of carbonyl (C=O) groups is 2. The van der Waals surface area contributed by atoms with Crippen molar-refractivity contribution >= 4 is 17.5 Å². The molecule has 0 radical (unpaired) electrons. The maximum absolute atomic E-state index is 12.6. The quantitative estimate of drug-likeness (QED) is 0.752. The highest BCUT2D eigenvalue weighted by Crippen LogP contribution is 2.24. The van der Waals surface area contributed by atoms with Crippen molar-refractivity contribution in [3.8, 4) is 0 Å². The number of hydrogen-bond donors (Lipinski definition) is 2. The number of likely N-dealkylation sites (tertiary alicyclic amines) is 1. The molecular weight excluding hydrogens is 362 g/mol. The van der Waals surface area contributed by atoms with E-state index in [1.54, 1.807) is 24.3 Å². The van der Waals surface area contributed by atoms with Crippen molar-refractivity contribution in [1.82, 2.24) is 4.90 Å². The first-order chi connectivity index (χ1) is 13.9. The summed E-state index contributed by atoms with van der Waals surface area (Å²) in [6.07, 6.45) is 4.61. The molecule has 2 aromatic carbocycles. The van der Waals surface area contributed by atoms with Crippen LogP contribution >= 0.6 is 0 Å². The van der Waals surface area contributed by atoms with Crippen molar-refractivity contribution in [3.63, 3.8) is 0 Å². The van der Waals surface area contributed by atoms with Crippen molar-refractivity contribution in [1.29, 1.82) is 0 Å². The Balaban J connectivity index is 1.43. The topological polar surface area (TPSA) is 75.4 Å². The van der Waals surface area contributed by atoms with Gasteiger partial charge in [0.2, 0.25) is 11.8 Å². The molecule has 29 heavy (non-hydrogen) atoms. The van der Waals surface area contributed by atoms with Gasteiger partial charge in [0.1, 0.15) is 0 Å². The minimum atomic E-state index is -0.471. The first-order valence-corrected chi connectivity index (χ1v) is 10.4. The number of nitrogens with one attached hydrogen (secondary N) is 1. The van der Waals surface area contributed by atoms with E-state index in [1.165, 1.54) is 17.5 Å². The summed E-state index contributed by atoms with van der Waals surface area (Å²) in [5, 5.41) is 2.93. The van der Waals surface area contributed by atoms with Crippen LogP contribution in [0.1, 0.15) is 47.7 Å². The molecule has 0 bridgehead atoms. The third-order valence-corrected chi connectivity index (χ3v) is 5.98. The zero-order valence-electron chi connectivity index (χ0n) is 17.4. The zero-order valence-corrected chi connectivity index (χ0v) is 17.4. The summed E-state index contributed by atoms with van der Waals surface area (Å²) in [6, 6.07) is 15.3. The standard InChI is InChI=1S/C24H31N3O2/c1-17-3-5-19(6-4-17)7-8-20-13-15-27(16-14-20)18(2)24(29)26-22-11-9-21(10-12-22)23(25)28/h3-6,9-12,18,20H,7-8,13-16H2,1-2H3,(H2,25,28)(H,26,29). The minimum Gasteiger partial charge on any atom is -0.366 e. The summed E-state index contributed by atoms with van der Waals surface area (Å²) in [4.78, 5) is 26.0. The first kappa shape index (κ1) is 21.1. The Bertz CT molecular complexity index is 822. The van der Waals surface area contributed by atoms with E-state index in [0.29, 0.717) is 11.3 Å². The van der Waals surface area contributed by atoms with Crippen molar-refractivity contribution < 1.29 is 9.59 Å². The first-order valence-electron chi connectivity index (χ1n) is 10.4. The summed E-state index contributed by atoms with van der Waals surface area (Å²) in [5.41, 5.74) is 9.08. The number of benzene rings is 2. The normalized spacial score (nSPS) is 16.3. The summed E-state index contributed by atoms with van der Waals surface area (Å²) in [7, 11) is 0. The Labute approximate surface area is 173 Å². The molecule has 0 aliphatic carbocycles. The molecule has 1 fully saturated rings. The lowest BCUT2D eigenvalue weighted by molar-refractivity contribution is -0.121. The third-order valence-electron chi connectivity index (χ3n) is 5.98. The van der Waals surface area contributed by atoms with E-state index in [9.17, 15) is 9.59 Å². The Morgan fingerprint density at radius 2 is 1.69 bits per heavy atom. The Morgan fingerprint density at radius 1 is 1.07 bits per heavy atom. The molecule has 3 N–H and O–H groups in total. The number of rotatable bonds is 7. The molecule has 1 aliphatic rings. The number of nitrogens with two attached hydrogens (primary N) is 1. The number of hydrogen-bond acceptors (Lipinski definition) is 3. The number of amides is 2. The van der Waals surface area contributed by atoms with Crippen molar-refractivity contribution in [3.05, 3.63) is 65.2 Å². The fourth-order valence-electron chi connectivity index (χ4n) is 3.88. The summed E-state index contributed by atoms with van der Waals surface area (Å²) < 4.78 is 0. The molecule has 1 saturated heterocycles. The molecule has 0 aromatic heterocycles. The van der Waals surface area contributed by atoms with Crippen LogP contribution in [0.3, 0.4) is 0 Å². The van der Waals surface area contributed by atoms with Crippen molar-refractivity contribution in [2.75, 3.05) is 18.4 Å². The molecular formula is C24H31N3O2. The number of nitrogens with zero attached hydrogens (tertiary/aromatic N) is 1. The Kier molecular flexibility index (Phi) is 7.04. The van der Waals surface area contributed by atoms with Gasteiger partial charge in [0.25, 0.3) is 0 Å². The molecule has 5 nitrogen and oxygen atoms in total. The van der Waals surface area contributed by atoms with Gasteiger partial charge in [-0.05, 0) is 88.4 Å². The van der Waals surface area contributed by atoms with Crippen LogP contribution in [0.4, 0.5) is 5.69 Å². The summed E-state index contributed by atoms with van der Waals surface area (Å²) in [5.74, 6) is 0.237. The maximum Gasteiger partial charge on any atom is 0.248 e. The molecule has 0 spiro atoms. The van der Waals surface area contributed by atoms with E-state index in [4.69, 9.17) is 5.73 Å². The van der Waals surface area contributed by atoms with Gasteiger partial charge in [-0.1, -0.05) is 29.8 Å². The fourth-order valence-corrected chi connectivity index (χ4v) is 3.88. The molecule has 0 saturated carbocycles. The SMILES string of the molecule is Cc1ccc(CCC2CCN(C(C)C(=O)Nc3ccc(C(N)=O)cc3)CC2)cc1.